The number of aromatic amines is 1. The van der Waals surface area contributed by atoms with Crippen molar-refractivity contribution in [1.82, 2.24) is 4.98 Å². The van der Waals surface area contributed by atoms with E-state index in [4.69, 9.17) is 5.73 Å². The fourth-order valence-electron chi connectivity index (χ4n) is 1.81. The maximum atomic E-state index is 12.5. The van der Waals surface area contributed by atoms with Crippen LogP contribution in [0.2, 0.25) is 0 Å². The molecule has 98 valence electrons. The number of benzene rings is 1. The molecule has 3 N–H and O–H groups in total. The van der Waals surface area contributed by atoms with E-state index >= 15 is 0 Å². The summed E-state index contributed by atoms with van der Waals surface area (Å²) in [7, 11) is 0. The molecule has 6 heteroatoms. The van der Waals surface area contributed by atoms with Crippen molar-refractivity contribution < 1.29 is 9.59 Å². The van der Waals surface area contributed by atoms with Crippen LogP contribution in [0.5, 0.6) is 0 Å². The smallest absolute Gasteiger partial charge is 0.266 e. The van der Waals surface area contributed by atoms with Gasteiger partial charge in [0.2, 0.25) is 0 Å². The lowest BCUT2D eigenvalue weighted by Gasteiger charge is -2.02. The minimum absolute atomic E-state index is 0.172. The highest BCUT2D eigenvalue weighted by Gasteiger charge is 2.22. The Morgan fingerprint density at radius 1 is 1.26 bits per heavy atom. The van der Waals surface area contributed by atoms with Gasteiger partial charge in [-0.3, -0.25) is 9.59 Å². The van der Waals surface area contributed by atoms with E-state index in [1.54, 1.807) is 25.1 Å². The van der Waals surface area contributed by atoms with Crippen molar-refractivity contribution in [3.8, 4) is 0 Å². The van der Waals surface area contributed by atoms with Crippen LogP contribution in [0, 0.1) is 6.92 Å². The molecule has 0 bridgehead atoms. The molecule has 0 radical (unpaired) electrons. The Kier molecular flexibility index (Phi) is 3.91. The van der Waals surface area contributed by atoms with Crippen LogP contribution in [-0.2, 0) is 0 Å². The summed E-state index contributed by atoms with van der Waals surface area (Å²) in [6.07, 6.45) is 0. The maximum absolute atomic E-state index is 12.5. The highest BCUT2D eigenvalue weighted by Crippen LogP contribution is 2.27. The first kappa shape index (κ1) is 14.0. The van der Waals surface area contributed by atoms with Gasteiger partial charge in [0, 0.05) is 15.7 Å². The number of aryl methyl sites for hydroxylation is 1. The Hall–Kier alpha value is -1.40. The van der Waals surface area contributed by atoms with Crippen molar-refractivity contribution in [2.24, 2.45) is 5.73 Å². The Morgan fingerprint density at radius 3 is 2.47 bits per heavy atom. The van der Waals surface area contributed by atoms with Crippen LogP contribution in [0.25, 0.3) is 0 Å². The number of hydrogen-bond acceptors (Lipinski definition) is 2. The van der Waals surface area contributed by atoms with Crippen molar-refractivity contribution in [2.45, 2.75) is 6.92 Å². The number of nitrogens with one attached hydrogen (secondary N) is 1. The van der Waals surface area contributed by atoms with E-state index in [-0.39, 0.29) is 11.5 Å². The number of amides is 1. The molecule has 19 heavy (non-hydrogen) atoms. The molecule has 0 aliphatic rings. The summed E-state index contributed by atoms with van der Waals surface area (Å²) in [6.45, 7) is 1.72. The number of aromatic nitrogens is 1. The largest absolute Gasteiger partial charge is 0.364 e. The number of rotatable bonds is 3. The molecule has 1 amide bonds. The van der Waals surface area contributed by atoms with Gasteiger partial charge in [-0.1, -0.05) is 28.1 Å². The first-order valence-corrected chi connectivity index (χ1v) is 6.98. The number of ketones is 1. The van der Waals surface area contributed by atoms with E-state index in [9.17, 15) is 9.59 Å². The number of nitrogens with two attached hydrogens (primary N) is 1. The molecule has 0 aliphatic carbocycles. The molecule has 4 nitrogen and oxygen atoms in total. The van der Waals surface area contributed by atoms with Gasteiger partial charge in [0.15, 0.2) is 5.78 Å². The minimum atomic E-state index is -0.608. The van der Waals surface area contributed by atoms with Crippen molar-refractivity contribution in [1.29, 1.82) is 0 Å². The Bertz CT molecular complexity index is 677. The van der Waals surface area contributed by atoms with Crippen molar-refractivity contribution in [2.75, 3.05) is 0 Å². The first-order valence-electron chi connectivity index (χ1n) is 5.40. The number of H-pyrrole nitrogens is 1. The quantitative estimate of drug-likeness (QED) is 0.796. The van der Waals surface area contributed by atoms with E-state index in [2.05, 4.69) is 36.8 Å². The molecule has 0 aliphatic heterocycles. The Balaban J connectivity index is 2.54. The second kappa shape index (κ2) is 5.30. The van der Waals surface area contributed by atoms with E-state index < -0.39 is 5.91 Å². The molecule has 1 aromatic carbocycles. The molecule has 2 aromatic rings. The first-order chi connectivity index (χ1) is 8.91. The van der Waals surface area contributed by atoms with Crippen LogP contribution in [0.15, 0.2) is 33.2 Å². The summed E-state index contributed by atoms with van der Waals surface area (Å²) in [6, 6.07) is 7.06. The Labute approximate surface area is 126 Å². The molecule has 0 saturated carbocycles. The average molecular weight is 386 g/mol. The standard InChI is InChI=1S/C13H10Br2N2O2/c1-6-9(10(15)11(17-6)13(16)19)12(18)7-3-2-4-8(14)5-7/h2-5,17H,1H3,(H2,16,19). The summed E-state index contributed by atoms with van der Waals surface area (Å²) in [4.78, 5) is 26.5. The lowest BCUT2D eigenvalue weighted by molar-refractivity contribution is 0.0995. The third kappa shape index (κ3) is 2.64. The SMILES string of the molecule is Cc1[nH]c(C(N)=O)c(Br)c1C(=O)c1cccc(Br)c1. The summed E-state index contributed by atoms with van der Waals surface area (Å²) in [5.41, 5.74) is 7.01. The zero-order valence-electron chi connectivity index (χ0n) is 9.96. The van der Waals surface area contributed by atoms with Gasteiger partial charge in [-0.2, -0.15) is 0 Å². The molecule has 1 heterocycles. The molecule has 0 spiro atoms. The minimum Gasteiger partial charge on any atom is -0.364 e. The number of carbonyl (C=O) groups excluding carboxylic acids is 2. The zero-order chi connectivity index (χ0) is 14.2. The predicted molar refractivity (Wildman–Crippen MR) is 79.3 cm³/mol. The molecule has 0 atom stereocenters. The van der Waals surface area contributed by atoms with Gasteiger partial charge in [-0.05, 0) is 35.0 Å². The van der Waals surface area contributed by atoms with Crippen molar-refractivity contribution in [3.63, 3.8) is 0 Å². The summed E-state index contributed by atoms with van der Waals surface area (Å²) >= 11 is 6.58. The third-order valence-electron chi connectivity index (χ3n) is 2.69. The second-order valence-electron chi connectivity index (χ2n) is 4.02. The van der Waals surface area contributed by atoms with Crippen LogP contribution in [0.3, 0.4) is 0 Å². The van der Waals surface area contributed by atoms with Crippen LogP contribution in [0.4, 0.5) is 0 Å². The monoisotopic (exact) mass is 384 g/mol. The van der Waals surface area contributed by atoms with Gasteiger partial charge >= 0.3 is 0 Å². The van der Waals surface area contributed by atoms with Crippen LogP contribution >= 0.6 is 31.9 Å². The Morgan fingerprint density at radius 2 is 1.95 bits per heavy atom. The fraction of sp³-hybridized carbons (Fsp3) is 0.0769. The molecule has 0 unspecified atom stereocenters. The molecule has 0 fully saturated rings. The lowest BCUT2D eigenvalue weighted by atomic mass is 10.0. The lowest BCUT2D eigenvalue weighted by Crippen LogP contribution is -2.12. The van der Waals surface area contributed by atoms with Crippen LogP contribution in [0.1, 0.15) is 32.1 Å². The van der Waals surface area contributed by atoms with E-state index in [0.29, 0.717) is 21.3 Å². The van der Waals surface area contributed by atoms with Crippen molar-refractivity contribution >= 4 is 43.6 Å². The van der Waals surface area contributed by atoms with E-state index in [1.165, 1.54) is 0 Å². The van der Waals surface area contributed by atoms with Gasteiger partial charge < -0.3 is 10.7 Å². The molecular weight excluding hydrogens is 376 g/mol. The zero-order valence-corrected chi connectivity index (χ0v) is 13.1. The molecule has 2 rings (SSSR count). The highest BCUT2D eigenvalue weighted by atomic mass is 79.9. The second-order valence-corrected chi connectivity index (χ2v) is 5.73. The van der Waals surface area contributed by atoms with Gasteiger partial charge in [0.05, 0.1) is 10.0 Å². The summed E-state index contributed by atoms with van der Waals surface area (Å²) in [5.74, 6) is -0.780. The van der Waals surface area contributed by atoms with Gasteiger partial charge in [-0.25, -0.2) is 0 Å². The summed E-state index contributed by atoms with van der Waals surface area (Å²) in [5, 5.41) is 0. The summed E-state index contributed by atoms with van der Waals surface area (Å²) < 4.78 is 1.22. The molecule has 0 saturated heterocycles. The highest BCUT2D eigenvalue weighted by molar-refractivity contribution is 9.10. The maximum Gasteiger partial charge on any atom is 0.266 e. The van der Waals surface area contributed by atoms with E-state index in [1.807, 2.05) is 6.07 Å². The number of halogens is 2. The van der Waals surface area contributed by atoms with Crippen LogP contribution in [-0.4, -0.2) is 16.7 Å². The van der Waals surface area contributed by atoms with Gasteiger partial charge in [0.25, 0.3) is 5.91 Å². The third-order valence-corrected chi connectivity index (χ3v) is 3.97. The number of carbonyl (C=O) groups is 2. The fourth-order valence-corrected chi connectivity index (χ4v) is 2.98. The predicted octanol–water partition coefficient (Wildman–Crippen LogP) is 3.18. The topological polar surface area (TPSA) is 76.0 Å². The average Bonchev–Trinajstić information content (AvgIpc) is 2.64. The van der Waals surface area contributed by atoms with E-state index in [0.717, 1.165) is 4.47 Å². The number of hydrogen-bond donors (Lipinski definition) is 2. The normalized spacial score (nSPS) is 10.5. The van der Waals surface area contributed by atoms with Gasteiger partial charge in [0.1, 0.15) is 5.69 Å². The van der Waals surface area contributed by atoms with Crippen molar-refractivity contribution in [3.05, 3.63) is 55.7 Å². The van der Waals surface area contributed by atoms with Gasteiger partial charge in [-0.15, -0.1) is 0 Å². The molecule has 1 aromatic heterocycles. The number of primary amides is 1. The molecular formula is C13H10Br2N2O2. The van der Waals surface area contributed by atoms with Crippen LogP contribution < -0.4 is 5.73 Å².